The number of nitrogens with one attached hydrogen (secondary N) is 1. The average Bonchev–Trinajstić information content (AvgIpc) is 2.91. The summed E-state index contributed by atoms with van der Waals surface area (Å²) in [6, 6.07) is 12.6. The van der Waals surface area contributed by atoms with E-state index in [4.69, 9.17) is 9.72 Å². The van der Waals surface area contributed by atoms with Gasteiger partial charge in [0.15, 0.2) is 0 Å². The molecule has 0 radical (unpaired) electrons. The molecule has 0 bridgehead atoms. The van der Waals surface area contributed by atoms with Crippen molar-refractivity contribution in [3.8, 4) is 0 Å². The first-order valence-corrected chi connectivity index (χ1v) is 11.0. The quantitative estimate of drug-likeness (QED) is 0.421. The number of aryl methyl sites for hydroxylation is 1. The number of fused-ring (bicyclic) bond motifs is 1. The zero-order valence-electron chi connectivity index (χ0n) is 18.2. The van der Waals surface area contributed by atoms with Crippen LogP contribution in [0.1, 0.15) is 71.6 Å². The Morgan fingerprint density at radius 2 is 1.90 bits per heavy atom. The van der Waals surface area contributed by atoms with E-state index in [1.165, 1.54) is 62.3 Å². The number of hydrogen-bond acceptors (Lipinski definition) is 4. The summed E-state index contributed by atoms with van der Waals surface area (Å²) in [6.07, 6.45) is 7.45. The maximum absolute atomic E-state index is 12.0. The van der Waals surface area contributed by atoms with E-state index in [1.54, 1.807) is 0 Å². The monoisotopic (exact) mass is 405 g/mol. The molecule has 158 valence electrons. The number of methoxy groups -OCH3 is 1. The normalized spacial score (nSPS) is 15.2. The van der Waals surface area contributed by atoms with Crippen molar-refractivity contribution in [3.63, 3.8) is 0 Å². The van der Waals surface area contributed by atoms with Gasteiger partial charge >= 0.3 is 5.97 Å². The summed E-state index contributed by atoms with van der Waals surface area (Å²) in [7, 11) is 1.41. The number of nitrogens with zero attached hydrogens (tertiary/aromatic N) is 2. The van der Waals surface area contributed by atoms with Crippen LogP contribution < -0.4 is 5.32 Å². The molecule has 30 heavy (non-hydrogen) atoms. The van der Waals surface area contributed by atoms with Gasteiger partial charge in [-0.1, -0.05) is 43.9 Å². The lowest BCUT2D eigenvalue weighted by molar-refractivity contribution is 0.0601. The minimum absolute atomic E-state index is 0.328. The SMILES string of the molecule is COC(=O)c1ccc2c(c1)nc(NCc1cccc(C)c1C)n2C1CCCCCC1. The van der Waals surface area contributed by atoms with Crippen molar-refractivity contribution >= 4 is 23.0 Å². The van der Waals surface area contributed by atoms with Crippen LogP contribution in [0.25, 0.3) is 11.0 Å². The summed E-state index contributed by atoms with van der Waals surface area (Å²) in [6.45, 7) is 5.05. The summed E-state index contributed by atoms with van der Waals surface area (Å²) in [4.78, 5) is 16.9. The van der Waals surface area contributed by atoms with Crippen LogP contribution >= 0.6 is 0 Å². The van der Waals surface area contributed by atoms with Gasteiger partial charge in [0.25, 0.3) is 0 Å². The molecular formula is C25H31N3O2. The smallest absolute Gasteiger partial charge is 0.337 e. The van der Waals surface area contributed by atoms with Gasteiger partial charge in [-0.05, 0) is 61.6 Å². The number of imidazole rings is 1. The van der Waals surface area contributed by atoms with Gasteiger partial charge in [-0.3, -0.25) is 0 Å². The fourth-order valence-corrected chi connectivity index (χ4v) is 4.53. The summed E-state index contributed by atoms with van der Waals surface area (Å²) >= 11 is 0. The minimum atomic E-state index is -0.328. The van der Waals surface area contributed by atoms with Gasteiger partial charge in [0.1, 0.15) is 0 Å². The lowest BCUT2D eigenvalue weighted by atomic mass is 10.0. The van der Waals surface area contributed by atoms with Crippen molar-refractivity contribution in [2.45, 2.75) is 65.0 Å². The number of anilines is 1. The molecule has 1 saturated carbocycles. The summed E-state index contributed by atoms with van der Waals surface area (Å²) in [5.41, 5.74) is 6.36. The second-order valence-electron chi connectivity index (χ2n) is 8.36. The van der Waals surface area contributed by atoms with Crippen LogP contribution in [-0.2, 0) is 11.3 Å². The number of ether oxygens (including phenoxy) is 1. The predicted octanol–water partition coefficient (Wildman–Crippen LogP) is 5.95. The standard InChI is InChI=1S/C25H31N3O2/c1-17-9-8-10-20(18(17)2)16-26-25-27-22-15-19(24(29)30-3)13-14-23(22)28(25)21-11-6-4-5-7-12-21/h8-10,13-15,21H,4-7,11-12,16H2,1-3H3,(H,26,27). The Labute approximate surface area is 178 Å². The third kappa shape index (κ3) is 4.07. The number of carbonyl (C=O) groups is 1. The molecule has 0 atom stereocenters. The molecule has 0 spiro atoms. The number of hydrogen-bond donors (Lipinski definition) is 1. The van der Waals surface area contributed by atoms with Gasteiger partial charge in [0, 0.05) is 12.6 Å². The highest BCUT2D eigenvalue weighted by Gasteiger charge is 2.21. The highest BCUT2D eigenvalue weighted by Crippen LogP contribution is 2.34. The highest BCUT2D eigenvalue weighted by atomic mass is 16.5. The second-order valence-corrected chi connectivity index (χ2v) is 8.36. The number of rotatable bonds is 5. The molecule has 5 nitrogen and oxygen atoms in total. The van der Waals surface area contributed by atoms with E-state index in [2.05, 4.69) is 41.9 Å². The zero-order valence-corrected chi connectivity index (χ0v) is 18.2. The molecule has 1 aliphatic carbocycles. The van der Waals surface area contributed by atoms with Crippen molar-refractivity contribution < 1.29 is 9.53 Å². The molecule has 5 heteroatoms. The molecule has 1 fully saturated rings. The van der Waals surface area contributed by atoms with Crippen molar-refractivity contribution in [2.24, 2.45) is 0 Å². The Hall–Kier alpha value is -2.82. The Balaban J connectivity index is 1.72. The maximum Gasteiger partial charge on any atom is 0.337 e. The van der Waals surface area contributed by atoms with Crippen LogP contribution in [0, 0.1) is 13.8 Å². The fourth-order valence-electron chi connectivity index (χ4n) is 4.53. The van der Waals surface area contributed by atoms with Crippen LogP contribution in [-0.4, -0.2) is 22.6 Å². The Bertz CT molecular complexity index is 1050. The van der Waals surface area contributed by atoms with Gasteiger partial charge in [-0.2, -0.15) is 0 Å². The predicted molar refractivity (Wildman–Crippen MR) is 121 cm³/mol. The van der Waals surface area contributed by atoms with Crippen LogP contribution in [0.15, 0.2) is 36.4 Å². The largest absolute Gasteiger partial charge is 0.465 e. The second kappa shape index (κ2) is 8.90. The van der Waals surface area contributed by atoms with Gasteiger partial charge in [-0.15, -0.1) is 0 Å². The first-order chi connectivity index (χ1) is 14.6. The van der Waals surface area contributed by atoms with Crippen LogP contribution in [0.3, 0.4) is 0 Å². The molecule has 3 aromatic rings. The molecule has 0 amide bonds. The Morgan fingerprint density at radius 1 is 1.13 bits per heavy atom. The maximum atomic E-state index is 12.0. The molecule has 1 aliphatic rings. The fraction of sp³-hybridized carbons (Fsp3) is 0.440. The first-order valence-electron chi connectivity index (χ1n) is 11.0. The van der Waals surface area contributed by atoms with Crippen molar-refractivity contribution in [2.75, 3.05) is 12.4 Å². The van der Waals surface area contributed by atoms with Crippen LogP contribution in [0.2, 0.25) is 0 Å². The lowest BCUT2D eigenvalue weighted by Gasteiger charge is -2.21. The van der Waals surface area contributed by atoms with E-state index >= 15 is 0 Å². The minimum Gasteiger partial charge on any atom is -0.465 e. The molecule has 0 saturated heterocycles. The molecule has 1 heterocycles. The Morgan fingerprint density at radius 3 is 2.63 bits per heavy atom. The molecule has 1 aromatic heterocycles. The molecule has 0 aliphatic heterocycles. The van der Waals surface area contributed by atoms with Crippen LogP contribution in [0.4, 0.5) is 5.95 Å². The number of esters is 1. The van der Waals surface area contributed by atoms with Gasteiger partial charge in [0.2, 0.25) is 5.95 Å². The van der Waals surface area contributed by atoms with Crippen molar-refractivity contribution in [1.29, 1.82) is 0 Å². The van der Waals surface area contributed by atoms with E-state index in [1.807, 2.05) is 18.2 Å². The third-order valence-electron chi connectivity index (χ3n) is 6.45. The first kappa shape index (κ1) is 20.5. The van der Waals surface area contributed by atoms with Gasteiger partial charge in [-0.25, -0.2) is 9.78 Å². The van der Waals surface area contributed by atoms with E-state index in [0.29, 0.717) is 11.6 Å². The summed E-state index contributed by atoms with van der Waals surface area (Å²) < 4.78 is 7.26. The topological polar surface area (TPSA) is 56.1 Å². The summed E-state index contributed by atoms with van der Waals surface area (Å²) in [5, 5.41) is 3.60. The zero-order chi connectivity index (χ0) is 21.1. The molecular weight excluding hydrogens is 374 g/mol. The van der Waals surface area contributed by atoms with E-state index in [-0.39, 0.29) is 5.97 Å². The molecule has 2 aromatic carbocycles. The van der Waals surface area contributed by atoms with Gasteiger partial charge < -0.3 is 14.6 Å². The number of benzene rings is 2. The van der Waals surface area contributed by atoms with E-state index in [0.717, 1.165) is 23.5 Å². The van der Waals surface area contributed by atoms with Crippen molar-refractivity contribution in [3.05, 3.63) is 58.7 Å². The van der Waals surface area contributed by atoms with E-state index < -0.39 is 0 Å². The van der Waals surface area contributed by atoms with Crippen LogP contribution in [0.5, 0.6) is 0 Å². The number of aromatic nitrogens is 2. The lowest BCUT2D eigenvalue weighted by Crippen LogP contribution is -2.14. The van der Waals surface area contributed by atoms with E-state index in [9.17, 15) is 4.79 Å². The molecule has 4 rings (SSSR count). The molecule has 1 N–H and O–H groups in total. The highest BCUT2D eigenvalue weighted by molar-refractivity contribution is 5.94. The van der Waals surface area contributed by atoms with Crippen molar-refractivity contribution in [1.82, 2.24) is 9.55 Å². The molecule has 0 unspecified atom stereocenters. The third-order valence-corrected chi connectivity index (χ3v) is 6.45. The average molecular weight is 406 g/mol. The summed E-state index contributed by atoms with van der Waals surface area (Å²) in [5.74, 6) is 0.561. The number of carbonyl (C=O) groups excluding carboxylic acids is 1. The van der Waals surface area contributed by atoms with Gasteiger partial charge in [0.05, 0.1) is 23.7 Å². The Kier molecular flexibility index (Phi) is 6.07.